The maximum Gasteiger partial charge on any atom is 0.258 e. The number of hydrogen-bond acceptors (Lipinski definition) is 4. The molecule has 23 heavy (non-hydrogen) atoms. The highest BCUT2D eigenvalue weighted by Gasteiger charge is 2.13. The molecule has 0 spiro atoms. The summed E-state index contributed by atoms with van der Waals surface area (Å²) in [6.07, 6.45) is 1.45. The number of carbonyl (C=O) groups excluding carboxylic acids is 1. The number of rotatable bonds is 3. The molecule has 1 N–H and O–H groups in total. The molecule has 1 aromatic heterocycles. The topological polar surface area (TPSA) is 72.7 Å². The molecule has 3 aromatic rings. The first-order valence-corrected chi connectivity index (χ1v) is 6.65. The summed E-state index contributed by atoms with van der Waals surface area (Å²) in [5, 5.41) is 13.4. The van der Waals surface area contributed by atoms with Gasteiger partial charge in [-0.25, -0.2) is 13.5 Å². The zero-order valence-electron chi connectivity index (χ0n) is 12.0. The van der Waals surface area contributed by atoms with Gasteiger partial charge in [0.2, 0.25) is 0 Å². The van der Waals surface area contributed by atoms with Crippen LogP contribution in [0, 0.1) is 18.6 Å². The molecule has 0 bridgehead atoms. The zero-order chi connectivity index (χ0) is 16.4. The Morgan fingerprint density at radius 2 is 2.00 bits per heavy atom. The van der Waals surface area contributed by atoms with E-state index in [1.165, 1.54) is 11.0 Å². The van der Waals surface area contributed by atoms with Gasteiger partial charge < -0.3 is 5.32 Å². The molecule has 6 nitrogen and oxygen atoms in total. The van der Waals surface area contributed by atoms with Crippen molar-refractivity contribution in [3.63, 3.8) is 0 Å². The number of amides is 1. The van der Waals surface area contributed by atoms with Gasteiger partial charge in [-0.3, -0.25) is 4.79 Å². The van der Waals surface area contributed by atoms with Crippen LogP contribution in [0.25, 0.3) is 5.69 Å². The normalized spacial score (nSPS) is 10.6. The van der Waals surface area contributed by atoms with Crippen molar-refractivity contribution in [1.29, 1.82) is 0 Å². The van der Waals surface area contributed by atoms with E-state index in [0.29, 0.717) is 5.69 Å². The summed E-state index contributed by atoms with van der Waals surface area (Å²) in [4.78, 5) is 12.1. The molecule has 116 valence electrons. The first kappa shape index (κ1) is 14.8. The number of tetrazole rings is 1. The molecule has 0 fully saturated rings. The molecule has 0 saturated carbocycles. The largest absolute Gasteiger partial charge is 0.322 e. The van der Waals surface area contributed by atoms with Crippen LogP contribution in [0.15, 0.2) is 42.7 Å². The number of halogens is 2. The number of aromatic nitrogens is 4. The minimum atomic E-state index is -0.786. The summed E-state index contributed by atoms with van der Waals surface area (Å²) in [5.74, 6) is -2.19. The summed E-state index contributed by atoms with van der Waals surface area (Å²) in [5.41, 5.74) is 1.64. The summed E-state index contributed by atoms with van der Waals surface area (Å²) in [7, 11) is 0. The predicted molar refractivity (Wildman–Crippen MR) is 78.2 cm³/mol. The summed E-state index contributed by atoms with van der Waals surface area (Å²) >= 11 is 0. The lowest BCUT2D eigenvalue weighted by Crippen LogP contribution is -2.14. The van der Waals surface area contributed by atoms with Crippen molar-refractivity contribution in [3.8, 4) is 5.69 Å². The van der Waals surface area contributed by atoms with E-state index in [2.05, 4.69) is 20.8 Å². The molecule has 8 heteroatoms. The summed E-state index contributed by atoms with van der Waals surface area (Å²) in [6, 6.07) is 7.75. The number of aryl methyl sites for hydroxylation is 1. The molecule has 1 amide bonds. The van der Waals surface area contributed by atoms with E-state index >= 15 is 0 Å². The van der Waals surface area contributed by atoms with E-state index in [-0.39, 0.29) is 5.56 Å². The van der Waals surface area contributed by atoms with E-state index in [9.17, 15) is 13.6 Å². The fourth-order valence-electron chi connectivity index (χ4n) is 2.13. The number of hydrogen-bond donors (Lipinski definition) is 1. The standard InChI is InChI=1S/C15H11F2N5O/c1-9-6-11(3-5-14(9)22-8-18-20-21-22)19-15(23)12-7-10(16)2-4-13(12)17/h2-8H,1H3,(H,19,23). The van der Waals surface area contributed by atoms with Gasteiger partial charge in [0.05, 0.1) is 11.3 Å². The number of anilines is 1. The molecule has 0 radical (unpaired) electrons. The molecule has 3 rings (SSSR count). The molecule has 0 aliphatic rings. The fourth-order valence-corrected chi connectivity index (χ4v) is 2.13. The van der Waals surface area contributed by atoms with E-state index in [1.54, 1.807) is 18.2 Å². The van der Waals surface area contributed by atoms with Crippen LogP contribution in [0.5, 0.6) is 0 Å². The van der Waals surface area contributed by atoms with Gasteiger partial charge >= 0.3 is 0 Å². The Kier molecular flexibility index (Phi) is 3.80. The first-order valence-electron chi connectivity index (χ1n) is 6.65. The van der Waals surface area contributed by atoms with Crippen molar-refractivity contribution < 1.29 is 13.6 Å². The first-order chi connectivity index (χ1) is 11.0. The molecule has 0 unspecified atom stereocenters. The summed E-state index contributed by atoms with van der Waals surface area (Å²) < 4.78 is 28.2. The molecule has 1 heterocycles. The van der Waals surface area contributed by atoms with Crippen LogP contribution >= 0.6 is 0 Å². The monoisotopic (exact) mass is 315 g/mol. The highest BCUT2D eigenvalue weighted by molar-refractivity contribution is 6.04. The van der Waals surface area contributed by atoms with E-state index < -0.39 is 17.5 Å². The minimum absolute atomic E-state index is 0.354. The Hall–Kier alpha value is -3.16. The lowest BCUT2D eigenvalue weighted by Gasteiger charge is -2.09. The van der Waals surface area contributed by atoms with Crippen molar-refractivity contribution in [2.24, 2.45) is 0 Å². The molecule has 0 atom stereocenters. The van der Waals surface area contributed by atoms with Crippen LogP contribution in [0.1, 0.15) is 15.9 Å². The van der Waals surface area contributed by atoms with Gasteiger partial charge in [0.25, 0.3) is 5.91 Å². The third-order valence-corrected chi connectivity index (χ3v) is 3.22. The van der Waals surface area contributed by atoms with Gasteiger partial charge in [-0.1, -0.05) is 0 Å². The number of nitrogens with zero attached hydrogens (tertiary/aromatic N) is 4. The van der Waals surface area contributed by atoms with Crippen molar-refractivity contribution in [2.75, 3.05) is 5.32 Å². The number of benzene rings is 2. The maximum absolute atomic E-state index is 13.6. The van der Waals surface area contributed by atoms with Crippen LogP contribution in [-0.4, -0.2) is 26.1 Å². The number of carbonyl (C=O) groups is 1. The lowest BCUT2D eigenvalue weighted by molar-refractivity contribution is 0.102. The third-order valence-electron chi connectivity index (χ3n) is 3.22. The second-order valence-electron chi connectivity index (χ2n) is 4.83. The average Bonchev–Trinajstić information content (AvgIpc) is 3.04. The van der Waals surface area contributed by atoms with Gasteiger partial charge in [0.15, 0.2) is 0 Å². The molecule has 2 aromatic carbocycles. The molecule has 0 aliphatic carbocycles. The quantitative estimate of drug-likeness (QED) is 0.806. The van der Waals surface area contributed by atoms with Gasteiger partial charge in [-0.2, -0.15) is 0 Å². The molecular formula is C15H11F2N5O. The Morgan fingerprint density at radius 1 is 1.17 bits per heavy atom. The van der Waals surface area contributed by atoms with Crippen LogP contribution in [-0.2, 0) is 0 Å². The SMILES string of the molecule is Cc1cc(NC(=O)c2cc(F)ccc2F)ccc1-n1cnnn1. The fraction of sp³-hybridized carbons (Fsp3) is 0.0667. The molecular weight excluding hydrogens is 304 g/mol. The van der Waals surface area contributed by atoms with Gasteiger partial charge in [-0.15, -0.1) is 5.10 Å². The Bertz CT molecular complexity index is 864. The van der Waals surface area contributed by atoms with E-state index in [0.717, 1.165) is 29.4 Å². The smallest absolute Gasteiger partial charge is 0.258 e. The highest BCUT2D eigenvalue weighted by atomic mass is 19.1. The maximum atomic E-state index is 13.6. The van der Waals surface area contributed by atoms with Crippen LogP contribution in [0.3, 0.4) is 0 Å². The number of nitrogens with one attached hydrogen (secondary N) is 1. The van der Waals surface area contributed by atoms with Gasteiger partial charge in [0.1, 0.15) is 18.0 Å². The summed E-state index contributed by atoms with van der Waals surface area (Å²) in [6.45, 7) is 1.81. The Morgan fingerprint density at radius 3 is 2.70 bits per heavy atom. The van der Waals surface area contributed by atoms with Crippen LogP contribution < -0.4 is 5.32 Å². The Labute approximate surface area is 129 Å². The van der Waals surface area contributed by atoms with Gasteiger partial charge in [-0.05, 0) is 59.3 Å². The zero-order valence-corrected chi connectivity index (χ0v) is 12.0. The second kappa shape index (κ2) is 5.91. The lowest BCUT2D eigenvalue weighted by atomic mass is 10.1. The predicted octanol–water partition coefficient (Wildman–Crippen LogP) is 2.50. The van der Waals surface area contributed by atoms with E-state index in [1.807, 2.05) is 6.92 Å². The molecule has 0 saturated heterocycles. The van der Waals surface area contributed by atoms with Crippen molar-refractivity contribution in [2.45, 2.75) is 6.92 Å². The Balaban J connectivity index is 1.84. The van der Waals surface area contributed by atoms with Crippen molar-refractivity contribution in [3.05, 3.63) is 65.5 Å². The minimum Gasteiger partial charge on any atom is -0.322 e. The van der Waals surface area contributed by atoms with Gasteiger partial charge in [0, 0.05) is 5.69 Å². The van der Waals surface area contributed by atoms with Crippen molar-refractivity contribution >= 4 is 11.6 Å². The third kappa shape index (κ3) is 3.05. The van der Waals surface area contributed by atoms with E-state index in [4.69, 9.17) is 0 Å². The van der Waals surface area contributed by atoms with Crippen molar-refractivity contribution in [1.82, 2.24) is 20.2 Å². The highest BCUT2D eigenvalue weighted by Crippen LogP contribution is 2.19. The average molecular weight is 315 g/mol. The second-order valence-corrected chi connectivity index (χ2v) is 4.83. The van der Waals surface area contributed by atoms with Crippen LogP contribution in [0.4, 0.5) is 14.5 Å². The molecule has 0 aliphatic heterocycles. The van der Waals surface area contributed by atoms with Crippen LogP contribution in [0.2, 0.25) is 0 Å².